The van der Waals surface area contributed by atoms with Crippen LogP contribution in [0, 0.1) is 12.7 Å². The maximum Gasteiger partial charge on any atom is 0.123 e. The monoisotopic (exact) mass is 294 g/mol. The van der Waals surface area contributed by atoms with Crippen LogP contribution in [0.15, 0.2) is 46.9 Å². The maximum atomic E-state index is 13.2. The first kappa shape index (κ1) is 12.3. The van der Waals surface area contributed by atoms with E-state index in [-0.39, 0.29) is 5.82 Å². The maximum absolute atomic E-state index is 13.2. The highest BCUT2D eigenvalue weighted by atomic mass is 79.9. The summed E-state index contributed by atoms with van der Waals surface area (Å²) in [5, 5.41) is 10.2. The van der Waals surface area contributed by atoms with Crippen molar-refractivity contribution in [2.45, 2.75) is 13.0 Å². The summed E-state index contributed by atoms with van der Waals surface area (Å²) >= 11 is 3.32. The van der Waals surface area contributed by atoms with E-state index in [0.717, 1.165) is 11.1 Å². The Balaban J connectivity index is 2.43. The van der Waals surface area contributed by atoms with Gasteiger partial charge in [-0.15, -0.1) is 0 Å². The van der Waals surface area contributed by atoms with Crippen molar-refractivity contribution in [1.29, 1.82) is 0 Å². The highest BCUT2D eigenvalue weighted by Crippen LogP contribution is 2.29. The fourth-order valence-corrected chi connectivity index (χ4v) is 2.21. The molecular weight excluding hydrogens is 283 g/mol. The number of hydrogen-bond acceptors (Lipinski definition) is 1. The summed E-state index contributed by atoms with van der Waals surface area (Å²) in [5.41, 5.74) is 2.36. The molecule has 0 fully saturated rings. The minimum Gasteiger partial charge on any atom is -0.384 e. The fourth-order valence-electron chi connectivity index (χ4n) is 1.74. The van der Waals surface area contributed by atoms with E-state index in [4.69, 9.17) is 0 Å². The van der Waals surface area contributed by atoms with E-state index in [2.05, 4.69) is 15.9 Å². The second-order valence-corrected chi connectivity index (χ2v) is 4.84. The van der Waals surface area contributed by atoms with Gasteiger partial charge in [0.25, 0.3) is 0 Å². The molecule has 0 bridgehead atoms. The molecule has 1 N–H and O–H groups in total. The third-order valence-corrected chi connectivity index (χ3v) is 3.33. The number of hydrogen-bond donors (Lipinski definition) is 1. The van der Waals surface area contributed by atoms with Gasteiger partial charge < -0.3 is 5.11 Å². The summed E-state index contributed by atoms with van der Waals surface area (Å²) in [5.74, 6) is -0.352. The van der Waals surface area contributed by atoms with E-state index in [0.29, 0.717) is 10.0 Å². The van der Waals surface area contributed by atoms with Crippen molar-refractivity contribution in [3.05, 3.63) is 69.4 Å². The van der Waals surface area contributed by atoms with Crippen molar-refractivity contribution < 1.29 is 9.50 Å². The Morgan fingerprint density at radius 3 is 2.65 bits per heavy atom. The van der Waals surface area contributed by atoms with Gasteiger partial charge in [-0.05, 0) is 30.7 Å². The van der Waals surface area contributed by atoms with Gasteiger partial charge in [0, 0.05) is 10.0 Å². The first-order valence-electron chi connectivity index (χ1n) is 5.27. The number of aliphatic hydroxyl groups excluding tert-OH is 1. The van der Waals surface area contributed by atoms with Crippen molar-refractivity contribution in [1.82, 2.24) is 0 Å². The van der Waals surface area contributed by atoms with Crippen molar-refractivity contribution in [3.8, 4) is 0 Å². The van der Waals surface area contributed by atoms with Crippen molar-refractivity contribution >= 4 is 15.9 Å². The Morgan fingerprint density at radius 1 is 1.18 bits per heavy atom. The van der Waals surface area contributed by atoms with Gasteiger partial charge in [-0.2, -0.15) is 0 Å². The topological polar surface area (TPSA) is 20.2 Å². The lowest BCUT2D eigenvalue weighted by molar-refractivity contribution is 0.219. The second-order valence-electron chi connectivity index (χ2n) is 3.98. The van der Waals surface area contributed by atoms with Gasteiger partial charge in [0.15, 0.2) is 0 Å². The first-order chi connectivity index (χ1) is 8.08. The fraction of sp³-hybridized carbons (Fsp3) is 0.143. The highest BCUT2D eigenvalue weighted by molar-refractivity contribution is 9.10. The van der Waals surface area contributed by atoms with Gasteiger partial charge in [0.2, 0.25) is 0 Å². The molecular formula is C14H12BrFO. The smallest absolute Gasteiger partial charge is 0.123 e. The molecule has 0 aliphatic carbocycles. The van der Waals surface area contributed by atoms with Crippen LogP contribution in [-0.4, -0.2) is 5.11 Å². The minimum atomic E-state index is -0.819. The van der Waals surface area contributed by atoms with E-state index in [1.54, 1.807) is 6.07 Å². The normalized spacial score (nSPS) is 12.5. The van der Waals surface area contributed by atoms with Crippen LogP contribution in [0.3, 0.4) is 0 Å². The molecule has 3 heteroatoms. The average molecular weight is 295 g/mol. The quantitative estimate of drug-likeness (QED) is 0.888. The zero-order valence-corrected chi connectivity index (χ0v) is 10.9. The summed E-state index contributed by atoms with van der Waals surface area (Å²) in [4.78, 5) is 0. The van der Waals surface area contributed by atoms with Crippen LogP contribution in [0.1, 0.15) is 22.8 Å². The van der Waals surface area contributed by atoms with E-state index in [9.17, 15) is 9.50 Å². The van der Waals surface area contributed by atoms with Crippen LogP contribution < -0.4 is 0 Å². The molecule has 1 nitrogen and oxygen atoms in total. The van der Waals surface area contributed by atoms with Gasteiger partial charge in [-0.25, -0.2) is 4.39 Å². The third-order valence-electron chi connectivity index (χ3n) is 2.61. The van der Waals surface area contributed by atoms with Crippen molar-refractivity contribution in [2.24, 2.45) is 0 Å². The number of rotatable bonds is 2. The molecule has 0 aliphatic heterocycles. The Morgan fingerprint density at radius 2 is 1.94 bits per heavy atom. The molecule has 2 rings (SSSR count). The lowest BCUT2D eigenvalue weighted by Crippen LogP contribution is -2.01. The van der Waals surface area contributed by atoms with E-state index in [1.807, 2.05) is 31.2 Å². The number of aryl methyl sites for hydroxylation is 1. The Bertz CT molecular complexity index is 539. The molecule has 0 spiro atoms. The molecule has 1 unspecified atom stereocenters. The van der Waals surface area contributed by atoms with E-state index >= 15 is 0 Å². The number of aliphatic hydroxyl groups is 1. The summed E-state index contributed by atoms with van der Waals surface area (Å²) in [6.45, 7) is 1.96. The zero-order chi connectivity index (χ0) is 12.4. The Hall–Kier alpha value is -1.19. The molecule has 88 valence electrons. The van der Waals surface area contributed by atoms with Gasteiger partial charge in [0.1, 0.15) is 11.9 Å². The predicted molar refractivity (Wildman–Crippen MR) is 69.3 cm³/mol. The molecule has 0 radical (unpaired) electrons. The molecule has 0 heterocycles. The van der Waals surface area contributed by atoms with E-state index in [1.165, 1.54) is 12.1 Å². The lowest BCUT2D eigenvalue weighted by atomic mass is 10.00. The van der Waals surface area contributed by atoms with Gasteiger partial charge in [-0.1, -0.05) is 45.8 Å². The van der Waals surface area contributed by atoms with Crippen LogP contribution in [0.25, 0.3) is 0 Å². The molecule has 0 aromatic heterocycles. The molecule has 1 atom stereocenters. The van der Waals surface area contributed by atoms with Gasteiger partial charge in [0.05, 0.1) is 0 Å². The summed E-state index contributed by atoms with van der Waals surface area (Å²) in [6, 6.07) is 11.9. The van der Waals surface area contributed by atoms with Crippen LogP contribution >= 0.6 is 15.9 Å². The molecule has 0 amide bonds. The molecule has 17 heavy (non-hydrogen) atoms. The summed E-state index contributed by atoms with van der Waals surface area (Å²) < 4.78 is 13.9. The van der Waals surface area contributed by atoms with Crippen molar-refractivity contribution in [3.63, 3.8) is 0 Å². The van der Waals surface area contributed by atoms with Crippen LogP contribution in [0.2, 0.25) is 0 Å². The molecule has 0 saturated heterocycles. The Kier molecular flexibility index (Phi) is 3.60. The molecule has 0 aliphatic rings. The standard InChI is InChI=1S/C14H12BrFO/c1-9-3-2-4-10(7-9)14(17)12-8-11(16)5-6-13(12)15/h2-8,14,17H,1H3. The minimum absolute atomic E-state index is 0.352. The van der Waals surface area contributed by atoms with Crippen LogP contribution in [-0.2, 0) is 0 Å². The summed E-state index contributed by atoms with van der Waals surface area (Å²) in [7, 11) is 0. The van der Waals surface area contributed by atoms with Gasteiger partial charge >= 0.3 is 0 Å². The van der Waals surface area contributed by atoms with E-state index < -0.39 is 6.10 Å². The van der Waals surface area contributed by atoms with Crippen LogP contribution in [0.4, 0.5) is 4.39 Å². The SMILES string of the molecule is Cc1cccc(C(O)c2cc(F)ccc2Br)c1. The third kappa shape index (κ3) is 2.73. The molecule has 2 aromatic carbocycles. The highest BCUT2D eigenvalue weighted by Gasteiger charge is 2.14. The van der Waals surface area contributed by atoms with Gasteiger partial charge in [-0.3, -0.25) is 0 Å². The predicted octanol–water partition coefficient (Wildman–Crippen LogP) is 3.98. The zero-order valence-electron chi connectivity index (χ0n) is 9.32. The first-order valence-corrected chi connectivity index (χ1v) is 6.07. The summed E-state index contributed by atoms with van der Waals surface area (Å²) in [6.07, 6.45) is -0.819. The molecule has 2 aromatic rings. The average Bonchev–Trinajstić information content (AvgIpc) is 2.31. The molecule has 0 saturated carbocycles. The Labute approximate surface area is 108 Å². The lowest BCUT2D eigenvalue weighted by Gasteiger charge is -2.14. The largest absolute Gasteiger partial charge is 0.384 e. The number of halogens is 2. The number of benzene rings is 2. The van der Waals surface area contributed by atoms with Crippen LogP contribution in [0.5, 0.6) is 0 Å². The second kappa shape index (κ2) is 4.98. The van der Waals surface area contributed by atoms with Crippen molar-refractivity contribution in [2.75, 3.05) is 0 Å².